The van der Waals surface area contributed by atoms with Crippen molar-refractivity contribution in [2.75, 3.05) is 6.54 Å². The molecule has 2 N–H and O–H groups in total. The Morgan fingerprint density at radius 1 is 1.06 bits per heavy atom. The molecule has 0 aliphatic carbocycles. The zero-order valence-corrected chi connectivity index (χ0v) is 9.89. The van der Waals surface area contributed by atoms with Crippen LogP contribution in [0.4, 0.5) is 0 Å². The van der Waals surface area contributed by atoms with Gasteiger partial charge in [0.15, 0.2) is 0 Å². The van der Waals surface area contributed by atoms with Crippen molar-refractivity contribution in [1.82, 2.24) is 9.97 Å². The van der Waals surface area contributed by atoms with E-state index in [2.05, 4.69) is 9.97 Å². The topological polar surface area (TPSA) is 61.0 Å². The lowest BCUT2D eigenvalue weighted by atomic mass is 10.2. The Labute approximate surface area is 104 Å². The summed E-state index contributed by atoms with van der Waals surface area (Å²) in [5.74, 6) is 1.24. The number of hydrogen-bond acceptors (Lipinski definition) is 4. The molecule has 4 nitrogen and oxygen atoms in total. The van der Waals surface area contributed by atoms with Gasteiger partial charge in [0.25, 0.3) is 0 Å². The summed E-state index contributed by atoms with van der Waals surface area (Å²) in [7, 11) is 0. The van der Waals surface area contributed by atoms with Crippen LogP contribution in [0, 0.1) is 0 Å². The highest BCUT2D eigenvalue weighted by molar-refractivity contribution is 6.30. The van der Waals surface area contributed by atoms with Crippen LogP contribution in [-0.4, -0.2) is 16.5 Å². The van der Waals surface area contributed by atoms with Crippen molar-refractivity contribution >= 4 is 11.6 Å². The van der Waals surface area contributed by atoms with Crippen molar-refractivity contribution < 1.29 is 4.74 Å². The lowest BCUT2D eigenvalue weighted by Gasteiger charge is -2.06. The van der Waals surface area contributed by atoms with E-state index in [0.717, 1.165) is 12.0 Å². The van der Waals surface area contributed by atoms with Crippen LogP contribution in [0.3, 0.4) is 0 Å². The lowest BCUT2D eigenvalue weighted by molar-refractivity contribution is 0.477. The quantitative estimate of drug-likeness (QED) is 0.904. The summed E-state index contributed by atoms with van der Waals surface area (Å²) in [6.07, 6.45) is 7.34. The van der Waals surface area contributed by atoms with E-state index >= 15 is 0 Å². The maximum atomic E-state index is 5.82. The zero-order chi connectivity index (χ0) is 12.1. The maximum absolute atomic E-state index is 5.82. The van der Waals surface area contributed by atoms with Gasteiger partial charge in [-0.3, -0.25) is 9.97 Å². The summed E-state index contributed by atoms with van der Waals surface area (Å²) < 4.78 is 5.60. The first-order valence-corrected chi connectivity index (χ1v) is 5.58. The third-order valence-corrected chi connectivity index (χ3v) is 2.32. The lowest BCUT2D eigenvalue weighted by Crippen LogP contribution is -2.03. The minimum absolute atomic E-state index is 0.536. The van der Waals surface area contributed by atoms with Crippen LogP contribution in [0.1, 0.15) is 5.56 Å². The number of hydrogen-bond donors (Lipinski definition) is 1. The van der Waals surface area contributed by atoms with E-state index in [1.54, 1.807) is 30.9 Å². The number of ether oxygens (including phenoxy) is 1. The molecule has 0 aliphatic heterocycles. The first kappa shape index (κ1) is 11.8. The summed E-state index contributed by atoms with van der Waals surface area (Å²) in [5.41, 5.74) is 6.53. The van der Waals surface area contributed by atoms with Crippen LogP contribution in [0.15, 0.2) is 36.9 Å². The van der Waals surface area contributed by atoms with Gasteiger partial charge in [0.1, 0.15) is 11.5 Å². The van der Waals surface area contributed by atoms with Crippen LogP contribution < -0.4 is 10.5 Å². The van der Waals surface area contributed by atoms with Crippen LogP contribution in [-0.2, 0) is 6.42 Å². The molecule has 88 valence electrons. The van der Waals surface area contributed by atoms with E-state index in [1.807, 2.05) is 6.07 Å². The fraction of sp³-hybridized carbons (Fsp3) is 0.167. The largest absolute Gasteiger partial charge is 0.454 e. The van der Waals surface area contributed by atoms with E-state index < -0.39 is 0 Å². The Hall–Kier alpha value is -1.65. The van der Waals surface area contributed by atoms with Gasteiger partial charge in [-0.25, -0.2) is 0 Å². The molecular formula is C12H12ClN3O. The normalized spacial score (nSPS) is 10.2. The summed E-state index contributed by atoms with van der Waals surface area (Å²) in [5, 5.41) is 0.536. The zero-order valence-electron chi connectivity index (χ0n) is 9.14. The molecule has 17 heavy (non-hydrogen) atoms. The van der Waals surface area contributed by atoms with Crippen LogP contribution >= 0.6 is 11.6 Å². The summed E-state index contributed by atoms with van der Waals surface area (Å²) >= 11 is 5.82. The molecule has 0 atom stereocenters. The number of halogens is 1. The van der Waals surface area contributed by atoms with E-state index in [-0.39, 0.29) is 0 Å². The summed E-state index contributed by atoms with van der Waals surface area (Å²) in [4.78, 5) is 8.03. The summed E-state index contributed by atoms with van der Waals surface area (Å²) in [6.45, 7) is 0.587. The Kier molecular flexibility index (Phi) is 3.90. The molecule has 2 heterocycles. The molecule has 0 unspecified atom stereocenters. The number of rotatable bonds is 4. The molecular weight excluding hydrogens is 238 g/mol. The van der Waals surface area contributed by atoms with Crippen molar-refractivity contribution in [2.24, 2.45) is 5.73 Å². The standard InChI is InChI=1S/C12H12ClN3O/c13-10-4-12(8-16-6-10)17-11-3-9(1-2-14)5-15-7-11/h3-8H,1-2,14H2. The summed E-state index contributed by atoms with van der Waals surface area (Å²) in [6, 6.07) is 3.60. The van der Waals surface area contributed by atoms with Gasteiger partial charge in [-0.2, -0.15) is 0 Å². The Bertz CT molecular complexity index is 505. The monoisotopic (exact) mass is 249 g/mol. The first-order valence-electron chi connectivity index (χ1n) is 5.20. The number of pyridine rings is 2. The van der Waals surface area contributed by atoms with Gasteiger partial charge in [-0.05, 0) is 24.6 Å². The number of nitrogens with two attached hydrogens (primary N) is 1. The van der Waals surface area contributed by atoms with Gasteiger partial charge in [-0.1, -0.05) is 11.6 Å². The van der Waals surface area contributed by atoms with E-state index in [0.29, 0.717) is 23.1 Å². The second kappa shape index (κ2) is 5.61. The smallest absolute Gasteiger partial charge is 0.147 e. The van der Waals surface area contributed by atoms with Crippen molar-refractivity contribution in [3.63, 3.8) is 0 Å². The second-order valence-electron chi connectivity index (χ2n) is 3.51. The van der Waals surface area contributed by atoms with Crippen LogP contribution in [0.2, 0.25) is 5.02 Å². The van der Waals surface area contributed by atoms with E-state index in [4.69, 9.17) is 22.1 Å². The minimum atomic E-state index is 0.536. The molecule has 2 aromatic heterocycles. The highest BCUT2D eigenvalue weighted by atomic mass is 35.5. The fourth-order valence-corrected chi connectivity index (χ4v) is 1.57. The SMILES string of the molecule is NCCc1cncc(Oc2cncc(Cl)c2)c1. The number of aromatic nitrogens is 2. The molecule has 2 rings (SSSR count). The Morgan fingerprint density at radius 2 is 1.76 bits per heavy atom. The van der Waals surface area contributed by atoms with Crippen molar-refractivity contribution in [3.05, 3.63) is 47.5 Å². The molecule has 0 radical (unpaired) electrons. The third kappa shape index (κ3) is 3.41. The van der Waals surface area contributed by atoms with Gasteiger partial charge < -0.3 is 10.5 Å². The Morgan fingerprint density at radius 3 is 2.47 bits per heavy atom. The van der Waals surface area contributed by atoms with Crippen molar-refractivity contribution in [2.45, 2.75) is 6.42 Å². The average Bonchev–Trinajstić information content (AvgIpc) is 2.30. The molecule has 0 saturated heterocycles. The third-order valence-electron chi connectivity index (χ3n) is 2.12. The van der Waals surface area contributed by atoms with E-state index in [1.165, 1.54) is 0 Å². The average molecular weight is 250 g/mol. The molecule has 2 aromatic rings. The molecule has 0 amide bonds. The Balaban J connectivity index is 2.15. The molecule has 0 fully saturated rings. The predicted octanol–water partition coefficient (Wildman–Crippen LogP) is 2.42. The van der Waals surface area contributed by atoms with Gasteiger partial charge in [0.05, 0.1) is 17.4 Å². The van der Waals surface area contributed by atoms with Gasteiger partial charge in [0, 0.05) is 18.5 Å². The molecule has 0 aliphatic rings. The molecule has 0 aromatic carbocycles. The molecule has 0 spiro atoms. The van der Waals surface area contributed by atoms with Crippen LogP contribution in [0.5, 0.6) is 11.5 Å². The highest BCUT2D eigenvalue weighted by Crippen LogP contribution is 2.22. The predicted molar refractivity (Wildman–Crippen MR) is 66.3 cm³/mol. The molecule has 5 heteroatoms. The van der Waals surface area contributed by atoms with Crippen molar-refractivity contribution in [1.29, 1.82) is 0 Å². The van der Waals surface area contributed by atoms with E-state index in [9.17, 15) is 0 Å². The van der Waals surface area contributed by atoms with Gasteiger partial charge >= 0.3 is 0 Å². The fourth-order valence-electron chi connectivity index (χ4n) is 1.41. The second-order valence-corrected chi connectivity index (χ2v) is 3.94. The maximum Gasteiger partial charge on any atom is 0.147 e. The molecule has 0 bridgehead atoms. The minimum Gasteiger partial charge on any atom is -0.454 e. The molecule has 0 saturated carbocycles. The van der Waals surface area contributed by atoms with Gasteiger partial charge in [0.2, 0.25) is 0 Å². The highest BCUT2D eigenvalue weighted by Gasteiger charge is 2.01. The first-order chi connectivity index (χ1) is 8.28. The van der Waals surface area contributed by atoms with Gasteiger partial charge in [-0.15, -0.1) is 0 Å². The van der Waals surface area contributed by atoms with Crippen LogP contribution in [0.25, 0.3) is 0 Å². The van der Waals surface area contributed by atoms with Crippen molar-refractivity contribution in [3.8, 4) is 11.5 Å². The number of nitrogens with zero attached hydrogens (tertiary/aromatic N) is 2.